The minimum absolute atomic E-state index is 0.167. The summed E-state index contributed by atoms with van der Waals surface area (Å²) in [6.07, 6.45) is 5.54. The lowest BCUT2D eigenvalue weighted by molar-refractivity contribution is 0.417. The number of aryl methyl sites for hydroxylation is 1. The first-order valence-corrected chi connectivity index (χ1v) is 11.9. The lowest BCUT2D eigenvalue weighted by Gasteiger charge is -2.15. The number of benzene rings is 3. The molecule has 0 radical (unpaired) electrons. The lowest BCUT2D eigenvalue weighted by Crippen LogP contribution is -2.11. The van der Waals surface area contributed by atoms with Crippen molar-refractivity contribution in [3.63, 3.8) is 0 Å². The van der Waals surface area contributed by atoms with Crippen LogP contribution in [-0.2, 0) is 16.8 Å². The van der Waals surface area contributed by atoms with E-state index in [0.717, 1.165) is 10.9 Å². The van der Waals surface area contributed by atoms with Gasteiger partial charge in [0, 0.05) is 28.6 Å². The molecule has 0 unspecified atom stereocenters. The summed E-state index contributed by atoms with van der Waals surface area (Å²) in [5.74, 6) is 2.97. The average molecular weight is 475 g/mol. The Bertz CT molecular complexity index is 1840. The number of aromatic nitrogens is 2. The number of rotatable bonds is 4. The van der Waals surface area contributed by atoms with Crippen LogP contribution >= 0.6 is 0 Å². The van der Waals surface area contributed by atoms with E-state index in [0.29, 0.717) is 50.9 Å². The summed E-state index contributed by atoms with van der Waals surface area (Å²) in [6, 6.07) is 14.4. The number of hydrogen-bond acceptors (Lipinski definition) is 4. The molecule has 5 rings (SSSR count). The second-order valence-electron chi connectivity index (χ2n) is 7.86. The van der Waals surface area contributed by atoms with Gasteiger partial charge < -0.3 is 14.3 Å². The molecular weight excluding hydrogens is 455 g/mol. The van der Waals surface area contributed by atoms with Gasteiger partial charge in [-0.05, 0) is 48.9 Å². The molecule has 0 spiro atoms. The van der Waals surface area contributed by atoms with Gasteiger partial charge in [0.15, 0.2) is 5.43 Å². The molecule has 0 bridgehead atoms. The molecule has 0 aliphatic carbocycles. The maximum absolute atomic E-state index is 13.6. The second kappa shape index (κ2) is 7.75. The number of H-pyrrole nitrogens is 1. The first-order valence-electron chi connectivity index (χ1n) is 10.5. The highest BCUT2D eigenvalue weighted by Crippen LogP contribution is 2.36. The Kier molecular flexibility index (Phi) is 4.95. The Balaban J connectivity index is 1.90. The van der Waals surface area contributed by atoms with Crippen molar-refractivity contribution in [2.75, 3.05) is 7.11 Å². The van der Waals surface area contributed by atoms with Gasteiger partial charge in [-0.2, -0.15) is 8.42 Å². The van der Waals surface area contributed by atoms with Gasteiger partial charge in [0.25, 0.3) is 0 Å². The van der Waals surface area contributed by atoms with Crippen molar-refractivity contribution in [2.24, 2.45) is 0 Å². The van der Waals surface area contributed by atoms with Crippen LogP contribution in [0.5, 0.6) is 5.75 Å². The molecule has 1 N–H and O–H groups in total. The predicted molar refractivity (Wildman–Crippen MR) is 131 cm³/mol. The lowest BCUT2D eigenvalue weighted by atomic mass is 10.0. The van der Waals surface area contributed by atoms with Crippen molar-refractivity contribution in [2.45, 2.75) is 18.4 Å². The number of nitrogens with one attached hydrogen (secondary N) is 1. The third-order valence-electron chi connectivity index (χ3n) is 6.04. The molecule has 8 heteroatoms. The Morgan fingerprint density at radius 3 is 2.59 bits per heavy atom. The Labute approximate surface area is 194 Å². The fourth-order valence-corrected chi connectivity index (χ4v) is 4.98. The molecule has 3 aromatic carbocycles. The summed E-state index contributed by atoms with van der Waals surface area (Å²) in [5.41, 5.74) is 3.56. The maximum atomic E-state index is 13.6. The monoisotopic (exact) mass is 474 g/mol. The van der Waals surface area contributed by atoms with Gasteiger partial charge in [-0.25, -0.2) is 0 Å². The smallest absolute Gasteiger partial charge is 0.332 e. The molecular formula is C26H19FN2O4S. The van der Waals surface area contributed by atoms with Crippen molar-refractivity contribution in [3.8, 4) is 29.2 Å². The van der Waals surface area contributed by atoms with Crippen LogP contribution in [0.3, 0.4) is 0 Å². The number of fused-ring (bicyclic) bond motifs is 4. The quantitative estimate of drug-likeness (QED) is 0.295. The zero-order valence-electron chi connectivity index (χ0n) is 18.3. The van der Waals surface area contributed by atoms with E-state index in [2.05, 4.69) is 10.9 Å². The maximum Gasteiger partial charge on any atom is 0.332 e. The van der Waals surface area contributed by atoms with E-state index in [1.165, 1.54) is 25.3 Å². The summed E-state index contributed by atoms with van der Waals surface area (Å²) >= 11 is 0. The van der Waals surface area contributed by atoms with Crippen molar-refractivity contribution in [3.05, 3.63) is 70.4 Å². The van der Waals surface area contributed by atoms with Gasteiger partial charge in [0.1, 0.15) is 11.4 Å². The molecule has 0 aliphatic rings. The Morgan fingerprint density at radius 1 is 1.12 bits per heavy atom. The second-order valence-corrected chi connectivity index (χ2v) is 9.21. The van der Waals surface area contributed by atoms with E-state index >= 15 is 0 Å². The molecule has 0 amide bonds. The molecule has 0 fully saturated rings. The zero-order chi connectivity index (χ0) is 24.2. The van der Waals surface area contributed by atoms with Crippen LogP contribution in [0.1, 0.15) is 12.5 Å². The van der Waals surface area contributed by atoms with Crippen LogP contribution in [0.25, 0.3) is 44.0 Å². The average Bonchev–Trinajstić information content (AvgIpc) is 3.21. The van der Waals surface area contributed by atoms with E-state index in [4.69, 9.17) is 11.2 Å². The van der Waals surface area contributed by atoms with Crippen LogP contribution in [0.15, 0.2) is 64.3 Å². The van der Waals surface area contributed by atoms with Gasteiger partial charge in [0.2, 0.25) is 0 Å². The SMILES string of the molecule is C#Cc1ccc2c(c1)[nH]c1c2c(=O)c2cc(OC)c(-c3cccc(S(=O)(=O)F)c3)cc2n1CC. The van der Waals surface area contributed by atoms with Crippen LogP contribution < -0.4 is 10.2 Å². The third-order valence-corrected chi connectivity index (χ3v) is 6.86. The summed E-state index contributed by atoms with van der Waals surface area (Å²) in [5, 5.41) is 1.77. The van der Waals surface area contributed by atoms with Crippen LogP contribution in [0.4, 0.5) is 3.89 Å². The molecule has 2 aromatic heterocycles. The normalized spacial score (nSPS) is 11.8. The molecule has 5 aromatic rings. The van der Waals surface area contributed by atoms with Crippen molar-refractivity contribution < 1.29 is 17.0 Å². The third kappa shape index (κ3) is 3.25. The topological polar surface area (TPSA) is 81.2 Å². The molecule has 0 saturated carbocycles. The van der Waals surface area contributed by atoms with Crippen molar-refractivity contribution in [1.29, 1.82) is 0 Å². The van der Waals surface area contributed by atoms with Gasteiger partial charge in [-0.1, -0.05) is 24.1 Å². The Morgan fingerprint density at radius 2 is 1.91 bits per heavy atom. The molecule has 0 saturated heterocycles. The highest BCUT2D eigenvalue weighted by Gasteiger charge is 2.20. The Hall–Kier alpha value is -4.09. The summed E-state index contributed by atoms with van der Waals surface area (Å²) in [6.45, 7) is 2.51. The van der Waals surface area contributed by atoms with E-state index in [1.54, 1.807) is 24.3 Å². The fourth-order valence-electron chi connectivity index (χ4n) is 4.47. The summed E-state index contributed by atoms with van der Waals surface area (Å²) < 4.78 is 44.0. The molecule has 34 heavy (non-hydrogen) atoms. The summed E-state index contributed by atoms with van der Waals surface area (Å²) in [7, 11) is -3.42. The standard InChI is InChI=1S/C26H19FN2O4S/c1-4-15-9-10-18-21(11-15)28-26-24(18)25(30)20-14-23(33-3)19(13-22(20)29(26)5-2)16-7-6-8-17(12-16)34(27,31)32/h1,6-14,28H,5H2,2-3H3. The van der Waals surface area contributed by atoms with E-state index in [1.807, 2.05) is 23.6 Å². The highest BCUT2D eigenvalue weighted by molar-refractivity contribution is 7.86. The van der Waals surface area contributed by atoms with Gasteiger partial charge in [-0.3, -0.25) is 4.79 Å². The number of nitrogens with zero attached hydrogens (tertiary/aromatic N) is 1. The van der Waals surface area contributed by atoms with Crippen molar-refractivity contribution >= 4 is 43.1 Å². The molecule has 6 nitrogen and oxygen atoms in total. The van der Waals surface area contributed by atoms with E-state index in [9.17, 15) is 17.1 Å². The number of terminal acetylenes is 1. The number of halogens is 1. The molecule has 0 atom stereocenters. The van der Waals surface area contributed by atoms with Crippen molar-refractivity contribution in [1.82, 2.24) is 9.55 Å². The highest BCUT2D eigenvalue weighted by atomic mass is 32.3. The van der Waals surface area contributed by atoms with Crippen LogP contribution in [0, 0.1) is 12.3 Å². The van der Waals surface area contributed by atoms with E-state index < -0.39 is 15.1 Å². The molecule has 170 valence electrons. The first-order chi connectivity index (χ1) is 16.3. The minimum Gasteiger partial charge on any atom is -0.496 e. The number of ether oxygens (including phenoxy) is 1. The van der Waals surface area contributed by atoms with Gasteiger partial charge in [0.05, 0.1) is 28.3 Å². The number of pyridine rings is 1. The van der Waals surface area contributed by atoms with Crippen LogP contribution in [0.2, 0.25) is 0 Å². The number of hydrogen-bond donors (Lipinski definition) is 1. The summed E-state index contributed by atoms with van der Waals surface area (Å²) in [4.78, 5) is 16.5. The minimum atomic E-state index is -4.88. The van der Waals surface area contributed by atoms with Crippen LogP contribution in [-0.4, -0.2) is 25.1 Å². The molecule has 0 aliphatic heterocycles. The fraction of sp³-hybridized carbons (Fsp3) is 0.115. The van der Waals surface area contributed by atoms with Gasteiger partial charge >= 0.3 is 10.2 Å². The zero-order valence-corrected chi connectivity index (χ0v) is 19.2. The van der Waals surface area contributed by atoms with Gasteiger partial charge in [-0.15, -0.1) is 10.3 Å². The predicted octanol–water partition coefficient (Wildman–Crippen LogP) is 4.97. The molecule has 2 heterocycles. The number of aromatic amines is 1. The van der Waals surface area contributed by atoms with E-state index in [-0.39, 0.29) is 5.43 Å². The first kappa shape index (κ1) is 21.7. The number of methoxy groups -OCH3 is 1. The largest absolute Gasteiger partial charge is 0.496 e.